The van der Waals surface area contributed by atoms with E-state index in [-0.39, 0.29) is 24.1 Å². The first-order chi connectivity index (χ1) is 12.0. The molecular weight excluding hydrogens is 340 g/mol. The van der Waals surface area contributed by atoms with Crippen LogP contribution in [0, 0.1) is 0 Å². The van der Waals surface area contributed by atoms with Gasteiger partial charge in [0, 0.05) is 18.7 Å². The summed E-state index contributed by atoms with van der Waals surface area (Å²) in [4.78, 5) is 13.7. The third-order valence-electron chi connectivity index (χ3n) is 3.97. The number of nitrogens with one attached hydrogen (secondary N) is 1. The van der Waals surface area contributed by atoms with Crippen LogP contribution < -0.4 is 9.62 Å². The summed E-state index contributed by atoms with van der Waals surface area (Å²) >= 11 is 0. The zero-order chi connectivity index (χ0) is 17.9. The highest BCUT2D eigenvalue weighted by Gasteiger charge is 2.25. The van der Waals surface area contributed by atoms with Crippen LogP contribution in [0.1, 0.15) is 24.5 Å². The molecular formula is C18H20N2O4S. The summed E-state index contributed by atoms with van der Waals surface area (Å²) in [7, 11) is -3.55. The monoisotopic (exact) mass is 360 g/mol. The van der Waals surface area contributed by atoms with E-state index in [1.807, 2.05) is 25.1 Å². The molecule has 0 spiro atoms. The van der Waals surface area contributed by atoms with Crippen molar-refractivity contribution in [3.05, 3.63) is 59.7 Å². The number of benzene rings is 2. The highest BCUT2D eigenvalue weighted by molar-refractivity contribution is 7.89. The van der Waals surface area contributed by atoms with Crippen LogP contribution in [-0.4, -0.2) is 21.1 Å². The van der Waals surface area contributed by atoms with Crippen molar-refractivity contribution in [3.63, 3.8) is 0 Å². The lowest BCUT2D eigenvalue weighted by Gasteiger charge is -2.29. The van der Waals surface area contributed by atoms with Crippen LogP contribution in [0.25, 0.3) is 0 Å². The first-order valence-electron chi connectivity index (χ1n) is 8.12. The summed E-state index contributed by atoms with van der Waals surface area (Å²) < 4.78 is 32.4. The summed E-state index contributed by atoms with van der Waals surface area (Å²) in [5.41, 5.74) is 2.52. The SMILES string of the molecule is CCCN1C(=O)OCc2cc(CNS(=O)(=O)c3ccccc3)ccc21. The largest absolute Gasteiger partial charge is 0.444 e. The normalized spacial score (nSPS) is 14.1. The van der Waals surface area contributed by atoms with Gasteiger partial charge in [0.25, 0.3) is 0 Å². The van der Waals surface area contributed by atoms with E-state index < -0.39 is 10.0 Å². The number of amides is 1. The summed E-state index contributed by atoms with van der Waals surface area (Å²) in [5, 5.41) is 0. The molecule has 1 N–H and O–H groups in total. The molecule has 132 valence electrons. The van der Waals surface area contributed by atoms with E-state index in [4.69, 9.17) is 4.74 Å². The van der Waals surface area contributed by atoms with Gasteiger partial charge in [0.2, 0.25) is 10.0 Å². The Balaban J connectivity index is 1.76. The number of anilines is 1. The van der Waals surface area contributed by atoms with Gasteiger partial charge in [-0.1, -0.05) is 31.2 Å². The van der Waals surface area contributed by atoms with Crippen molar-refractivity contribution in [2.75, 3.05) is 11.4 Å². The van der Waals surface area contributed by atoms with E-state index in [2.05, 4.69) is 4.72 Å². The van der Waals surface area contributed by atoms with Gasteiger partial charge in [0.05, 0.1) is 10.6 Å². The fraction of sp³-hybridized carbons (Fsp3) is 0.278. The Morgan fingerprint density at radius 1 is 1.16 bits per heavy atom. The van der Waals surface area contributed by atoms with Crippen molar-refractivity contribution in [3.8, 4) is 0 Å². The predicted molar refractivity (Wildman–Crippen MR) is 94.7 cm³/mol. The molecule has 0 fully saturated rings. The van der Waals surface area contributed by atoms with E-state index in [0.717, 1.165) is 23.2 Å². The molecule has 0 saturated heterocycles. The molecule has 0 saturated carbocycles. The Labute approximate surface area is 147 Å². The fourth-order valence-corrected chi connectivity index (χ4v) is 3.78. The van der Waals surface area contributed by atoms with Crippen molar-refractivity contribution in [1.29, 1.82) is 0 Å². The second kappa shape index (κ2) is 7.25. The average Bonchev–Trinajstić information content (AvgIpc) is 2.63. The number of ether oxygens (including phenoxy) is 1. The van der Waals surface area contributed by atoms with Crippen LogP contribution in [0.4, 0.5) is 10.5 Å². The first kappa shape index (κ1) is 17.4. The summed E-state index contributed by atoms with van der Waals surface area (Å²) in [6, 6.07) is 13.8. The zero-order valence-electron chi connectivity index (χ0n) is 13.9. The molecule has 0 unspecified atom stereocenters. The van der Waals surface area contributed by atoms with Crippen LogP contribution in [0.2, 0.25) is 0 Å². The van der Waals surface area contributed by atoms with E-state index in [1.54, 1.807) is 35.2 Å². The van der Waals surface area contributed by atoms with E-state index in [0.29, 0.717) is 6.54 Å². The van der Waals surface area contributed by atoms with Gasteiger partial charge in [-0.3, -0.25) is 4.90 Å². The van der Waals surface area contributed by atoms with Gasteiger partial charge in [0.15, 0.2) is 0 Å². The van der Waals surface area contributed by atoms with Gasteiger partial charge in [-0.2, -0.15) is 0 Å². The Bertz CT molecular complexity index is 866. The minimum absolute atomic E-state index is 0.173. The topological polar surface area (TPSA) is 75.7 Å². The van der Waals surface area contributed by atoms with Crippen LogP contribution in [0.5, 0.6) is 0 Å². The second-order valence-corrected chi connectivity index (χ2v) is 7.57. The standard InChI is InChI=1S/C18H20N2O4S/c1-2-10-20-17-9-8-14(11-15(17)13-24-18(20)21)12-19-25(22,23)16-6-4-3-5-7-16/h3-9,11,19H,2,10,12-13H2,1H3. The molecule has 3 rings (SSSR count). The lowest BCUT2D eigenvalue weighted by molar-refractivity contribution is 0.142. The number of fused-ring (bicyclic) bond motifs is 1. The van der Waals surface area contributed by atoms with Gasteiger partial charge in [-0.15, -0.1) is 0 Å². The zero-order valence-corrected chi connectivity index (χ0v) is 14.8. The Morgan fingerprint density at radius 2 is 1.92 bits per heavy atom. The fourth-order valence-electron chi connectivity index (χ4n) is 2.74. The van der Waals surface area contributed by atoms with Crippen LogP contribution in [-0.2, 0) is 27.9 Å². The number of carbonyl (C=O) groups excluding carboxylic acids is 1. The third kappa shape index (κ3) is 3.83. The smallest absolute Gasteiger partial charge is 0.414 e. The Morgan fingerprint density at radius 3 is 2.64 bits per heavy atom. The molecule has 6 nitrogen and oxygen atoms in total. The van der Waals surface area contributed by atoms with Crippen LogP contribution in [0.3, 0.4) is 0 Å². The molecule has 7 heteroatoms. The first-order valence-corrected chi connectivity index (χ1v) is 9.60. The van der Waals surface area contributed by atoms with Gasteiger partial charge < -0.3 is 4.74 Å². The van der Waals surface area contributed by atoms with Gasteiger partial charge in [-0.05, 0) is 36.2 Å². The summed E-state index contributed by atoms with van der Waals surface area (Å²) in [5.74, 6) is 0. The maximum atomic E-state index is 12.3. The molecule has 1 aliphatic rings. The minimum atomic E-state index is -3.55. The van der Waals surface area contributed by atoms with Crippen molar-refractivity contribution >= 4 is 21.8 Å². The molecule has 1 aliphatic heterocycles. The third-order valence-corrected chi connectivity index (χ3v) is 5.39. The maximum Gasteiger partial charge on any atom is 0.414 e. The average molecular weight is 360 g/mol. The Kier molecular flexibility index (Phi) is 5.06. The van der Waals surface area contributed by atoms with Crippen molar-refractivity contribution in [2.24, 2.45) is 0 Å². The van der Waals surface area contributed by atoms with E-state index in [1.165, 1.54) is 0 Å². The molecule has 1 amide bonds. The number of cyclic esters (lactones) is 1. The lowest BCUT2D eigenvalue weighted by Crippen LogP contribution is -2.36. The highest BCUT2D eigenvalue weighted by Crippen LogP contribution is 2.28. The van der Waals surface area contributed by atoms with Crippen LogP contribution >= 0.6 is 0 Å². The Hall–Kier alpha value is -2.38. The number of carbonyl (C=O) groups is 1. The van der Waals surface area contributed by atoms with Crippen molar-refractivity contribution in [2.45, 2.75) is 31.4 Å². The molecule has 2 aromatic carbocycles. The number of sulfonamides is 1. The van der Waals surface area contributed by atoms with Gasteiger partial charge in [-0.25, -0.2) is 17.9 Å². The maximum absolute atomic E-state index is 12.3. The van der Waals surface area contributed by atoms with Gasteiger partial charge >= 0.3 is 6.09 Å². The van der Waals surface area contributed by atoms with Crippen molar-refractivity contribution in [1.82, 2.24) is 4.72 Å². The lowest BCUT2D eigenvalue weighted by atomic mass is 10.1. The van der Waals surface area contributed by atoms with Crippen LogP contribution in [0.15, 0.2) is 53.4 Å². The molecule has 0 radical (unpaired) electrons. The summed E-state index contributed by atoms with van der Waals surface area (Å²) in [6.45, 7) is 2.96. The number of rotatable bonds is 6. The van der Waals surface area contributed by atoms with E-state index >= 15 is 0 Å². The quantitative estimate of drug-likeness (QED) is 0.859. The number of hydrogen-bond donors (Lipinski definition) is 1. The number of nitrogens with zero attached hydrogens (tertiary/aromatic N) is 1. The van der Waals surface area contributed by atoms with Crippen molar-refractivity contribution < 1.29 is 17.9 Å². The minimum Gasteiger partial charge on any atom is -0.444 e. The summed E-state index contributed by atoms with van der Waals surface area (Å²) in [6.07, 6.45) is 0.486. The molecule has 1 heterocycles. The molecule has 0 atom stereocenters. The highest BCUT2D eigenvalue weighted by atomic mass is 32.2. The second-order valence-electron chi connectivity index (χ2n) is 5.81. The molecule has 0 aromatic heterocycles. The van der Waals surface area contributed by atoms with Gasteiger partial charge in [0.1, 0.15) is 6.61 Å². The molecule has 25 heavy (non-hydrogen) atoms. The predicted octanol–water partition coefficient (Wildman–Crippen LogP) is 3.03. The van der Waals surface area contributed by atoms with E-state index in [9.17, 15) is 13.2 Å². The molecule has 0 bridgehead atoms. The number of hydrogen-bond acceptors (Lipinski definition) is 4. The molecule has 2 aromatic rings. The molecule has 0 aliphatic carbocycles.